The second kappa shape index (κ2) is 9.27. The van der Waals surface area contributed by atoms with E-state index in [1.54, 1.807) is 23.5 Å². The molecule has 1 amide bonds. The quantitative estimate of drug-likeness (QED) is 0.633. The maximum atomic E-state index is 12.9. The van der Waals surface area contributed by atoms with E-state index in [0.717, 1.165) is 11.1 Å². The third-order valence-electron chi connectivity index (χ3n) is 4.08. The van der Waals surface area contributed by atoms with E-state index in [2.05, 4.69) is 28.8 Å². The lowest BCUT2D eigenvalue weighted by Gasteiger charge is -2.18. The molecule has 0 aliphatic carbocycles. The Morgan fingerprint density at radius 2 is 1.77 bits per heavy atom. The largest absolute Gasteiger partial charge is 0.355 e. The van der Waals surface area contributed by atoms with E-state index in [1.165, 1.54) is 17.0 Å². The van der Waals surface area contributed by atoms with Gasteiger partial charge in [-0.15, -0.1) is 11.3 Å². The monoisotopic (exact) mass is 368 g/mol. The zero-order valence-electron chi connectivity index (χ0n) is 14.3. The molecule has 0 saturated carbocycles. The minimum Gasteiger partial charge on any atom is -0.355 e. The Labute approximate surface area is 156 Å². The zero-order valence-corrected chi connectivity index (χ0v) is 15.1. The van der Waals surface area contributed by atoms with Gasteiger partial charge >= 0.3 is 0 Å². The van der Waals surface area contributed by atoms with Crippen molar-refractivity contribution in [2.75, 3.05) is 13.1 Å². The lowest BCUT2D eigenvalue weighted by atomic mass is 10.1. The summed E-state index contributed by atoms with van der Waals surface area (Å²) in [7, 11) is 0. The Bertz CT molecular complexity index is 804. The van der Waals surface area contributed by atoms with Crippen molar-refractivity contribution >= 4 is 17.2 Å². The van der Waals surface area contributed by atoms with E-state index in [9.17, 15) is 9.18 Å². The first-order chi connectivity index (χ1) is 12.7. The molecule has 2 aromatic carbocycles. The summed E-state index contributed by atoms with van der Waals surface area (Å²) in [6.07, 6.45) is 0.680. The van der Waals surface area contributed by atoms with Gasteiger partial charge in [0.05, 0.1) is 12.6 Å². The molecule has 0 unspecified atom stereocenters. The van der Waals surface area contributed by atoms with E-state index in [0.29, 0.717) is 13.0 Å². The molecule has 1 aromatic heterocycles. The summed E-state index contributed by atoms with van der Waals surface area (Å²) in [4.78, 5) is 13.3. The maximum absolute atomic E-state index is 12.9. The van der Waals surface area contributed by atoms with Gasteiger partial charge in [0.1, 0.15) is 5.82 Å². The Morgan fingerprint density at radius 1 is 1.00 bits per heavy atom. The fraction of sp³-hybridized carbons (Fsp3) is 0.190. The van der Waals surface area contributed by atoms with Crippen molar-refractivity contribution in [3.63, 3.8) is 0 Å². The molecule has 3 rings (SSSR count). The van der Waals surface area contributed by atoms with E-state index < -0.39 is 0 Å². The normalized spacial score (nSPS) is 11.9. The number of rotatable bonds is 8. The Balaban J connectivity index is 1.50. The number of carbonyl (C=O) groups excluding carboxylic acids is 1. The number of hydrogen-bond donors (Lipinski definition) is 2. The van der Waals surface area contributed by atoms with Crippen LogP contribution in [-0.4, -0.2) is 19.0 Å². The SMILES string of the molecule is O=C(CN[C@@H](c1ccccc1)c1cccs1)NCCc1ccc(F)cc1. The molecule has 5 heteroatoms. The highest BCUT2D eigenvalue weighted by Crippen LogP contribution is 2.25. The van der Waals surface area contributed by atoms with E-state index in [1.807, 2.05) is 29.6 Å². The molecule has 0 aliphatic rings. The minimum atomic E-state index is -0.248. The molecule has 2 N–H and O–H groups in total. The highest BCUT2D eigenvalue weighted by atomic mass is 32.1. The van der Waals surface area contributed by atoms with Crippen LogP contribution in [0.4, 0.5) is 4.39 Å². The summed E-state index contributed by atoms with van der Waals surface area (Å²) in [5.41, 5.74) is 2.13. The van der Waals surface area contributed by atoms with E-state index >= 15 is 0 Å². The molecule has 0 saturated heterocycles. The number of thiophene rings is 1. The number of benzene rings is 2. The van der Waals surface area contributed by atoms with Gasteiger partial charge < -0.3 is 5.32 Å². The third kappa shape index (κ3) is 5.25. The number of carbonyl (C=O) groups is 1. The van der Waals surface area contributed by atoms with Gasteiger partial charge in [0.25, 0.3) is 0 Å². The van der Waals surface area contributed by atoms with Gasteiger partial charge in [0.2, 0.25) is 5.91 Å². The van der Waals surface area contributed by atoms with Gasteiger partial charge in [-0.1, -0.05) is 48.5 Å². The van der Waals surface area contributed by atoms with E-state index in [-0.39, 0.29) is 24.3 Å². The first kappa shape index (κ1) is 18.3. The molecule has 1 atom stereocenters. The molecule has 0 radical (unpaired) electrons. The van der Waals surface area contributed by atoms with Gasteiger partial charge in [0, 0.05) is 11.4 Å². The second-order valence-corrected chi connectivity index (χ2v) is 6.95. The summed E-state index contributed by atoms with van der Waals surface area (Å²) in [6, 6.07) is 20.5. The van der Waals surface area contributed by atoms with Gasteiger partial charge in [-0.25, -0.2) is 4.39 Å². The average molecular weight is 368 g/mol. The fourth-order valence-electron chi connectivity index (χ4n) is 2.74. The van der Waals surface area contributed by atoms with Crippen molar-refractivity contribution in [2.24, 2.45) is 0 Å². The lowest BCUT2D eigenvalue weighted by molar-refractivity contribution is -0.120. The zero-order chi connectivity index (χ0) is 18.2. The standard InChI is InChI=1S/C21H21FN2OS/c22-18-10-8-16(9-11-18)12-13-23-20(25)15-24-21(19-7-4-14-26-19)17-5-2-1-3-6-17/h1-11,14,21,24H,12-13,15H2,(H,23,25)/t21-/m0/s1. The van der Waals surface area contributed by atoms with Gasteiger partial charge in [-0.3, -0.25) is 10.1 Å². The molecule has 1 heterocycles. The smallest absolute Gasteiger partial charge is 0.233 e. The summed E-state index contributed by atoms with van der Waals surface area (Å²) in [5.74, 6) is -0.299. The topological polar surface area (TPSA) is 41.1 Å². The predicted octanol–water partition coefficient (Wildman–Crippen LogP) is 3.93. The van der Waals surface area contributed by atoms with E-state index in [4.69, 9.17) is 0 Å². The van der Waals surface area contributed by atoms with Gasteiger partial charge in [-0.2, -0.15) is 0 Å². The van der Waals surface area contributed by atoms with Crippen LogP contribution in [0.2, 0.25) is 0 Å². The molecule has 26 heavy (non-hydrogen) atoms. The van der Waals surface area contributed by atoms with Gasteiger partial charge in [-0.05, 0) is 41.1 Å². The minimum absolute atomic E-state index is 0.000881. The molecule has 134 valence electrons. The Hall–Kier alpha value is -2.50. The molecule has 0 aliphatic heterocycles. The van der Waals surface area contributed by atoms with Crippen LogP contribution in [0.3, 0.4) is 0 Å². The van der Waals surface area contributed by atoms with Crippen LogP contribution >= 0.6 is 11.3 Å². The predicted molar refractivity (Wildman–Crippen MR) is 104 cm³/mol. The maximum Gasteiger partial charge on any atom is 0.233 e. The summed E-state index contributed by atoms with van der Waals surface area (Å²) in [6.45, 7) is 0.766. The average Bonchev–Trinajstić information content (AvgIpc) is 3.19. The number of amides is 1. The Morgan fingerprint density at radius 3 is 2.46 bits per heavy atom. The second-order valence-electron chi connectivity index (χ2n) is 5.97. The lowest BCUT2D eigenvalue weighted by Crippen LogP contribution is -2.36. The molecule has 0 fully saturated rings. The molecular weight excluding hydrogens is 347 g/mol. The fourth-order valence-corrected chi connectivity index (χ4v) is 3.57. The van der Waals surface area contributed by atoms with Crippen molar-refractivity contribution in [3.8, 4) is 0 Å². The van der Waals surface area contributed by atoms with Crippen molar-refractivity contribution < 1.29 is 9.18 Å². The molecule has 0 bridgehead atoms. The molecular formula is C21H21FN2OS. The first-order valence-electron chi connectivity index (χ1n) is 8.55. The highest BCUT2D eigenvalue weighted by molar-refractivity contribution is 7.10. The Kier molecular flexibility index (Phi) is 6.52. The molecule has 3 nitrogen and oxygen atoms in total. The molecule has 0 spiro atoms. The number of halogens is 1. The van der Waals surface area contributed by atoms with Crippen molar-refractivity contribution in [1.82, 2.24) is 10.6 Å². The van der Waals surface area contributed by atoms with Crippen molar-refractivity contribution in [3.05, 3.63) is 93.9 Å². The van der Waals surface area contributed by atoms with Crippen LogP contribution in [0, 0.1) is 5.82 Å². The number of nitrogens with one attached hydrogen (secondary N) is 2. The van der Waals surface area contributed by atoms with Gasteiger partial charge in [0.15, 0.2) is 0 Å². The third-order valence-corrected chi connectivity index (χ3v) is 5.01. The van der Waals surface area contributed by atoms with Crippen molar-refractivity contribution in [2.45, 2.75) is 12.5 Å². The van der Waals surface area contributed by atoms with Crippen LogP contribution in [0.5, 0.6) is 0 Å². The summed E-state index contributed by atoms with van der Waals surface area (Å²) < 4.78 is 12.9. The summed E-state index contributed by atoms with van der Waals surface area (Å²) in [5, 5.41) is 8.29. The van der Waals surface area contributed by atoms with Crippen LogP contribution in [0.15, 0.2) is 72.1 Å². The molecule has 3 aromatic rings. The van der Waals surface area contributed by atoms with Crippen LogP contribution in [0.25, 0.3) is 0 Å². The van der Waals surface area contributed by atoms with Crippen LogP contribution < -0.4 is 10.6 Å². The van der Waals surface area contributed by atoms with Crippen LogP contribution in [-0.2, 0) is 11.2 Å². The summed E-state index contributed by atoms with van der Waals surface area (Å²) >= 11 is 1.67. The first-order valence-corrected chi connectivity index (χ1v) is 9.43. The van der Waals surface area contributed by atoms with Crippen LogP contribution in [0.1, 0.15) is 22.0 Å². The van der Waals surface area contributed by atoms with Crippen molar-refractivity contribution in [1.29, 1.82) is 0 Å². The number of hydrogen-bond acceptors (Lipinski definition) is 3. The highest BCUT2D eigenvalue weighted by Gasteiger charge is 2.15.